The second-order valence-electron chi connectivity index (χ2n) is 5.55. The van der Waals surface area contributed by atoms with Crippen LogP contribution in [-0.2, 0) is 11.8 Å². The van der Waals surface area contributed by atoms with Crippen molar-refractivity contribution < 1.29 is 9.90 Å². The summed E-state index contributed by atoms with van der Waals surface area (Å²) < 4.78 is 2.65. The molecule has 1 amide bonds. The number of carbonyl (C=O) groups is 1. The van der Waals surface area contributed by atoms with Crippen LogP contribution in [0, 0.1) is 5.92 Å². The van der Waals surface area contributed by atoms with Gasteiger partial charge in [-0.2, -0.15) is 9.78 Å². The van der Waals surface area contributed by atoms with Gasteiger partial charge in [-0.25, -0.2) is 4.79 Å². The molecule has 1 aromatic heterocycles. The number of nitrogens with zero attached hydrogens (tertiary/aromatic N) is 3. The van der Waals surface area contributed by atoms with Crippen molar-refractivity contribution >= 4 is 11.6 Å². The van der Waals surface area contributed by atoms with E-state index in [1.807, 2.05) is 13.8 Å². The molecule has 1 heterocycles. The van der Waals surface area contributed by atoms with Crippen molar-refractivity contribution in [3.8, 4) is 5.69 Å². The molecule has 0 aliphatic rings. The van der Waals surface area contributed by atoms with Crippen molar-refractivity contribution in [3.63, 3.8) is 0 Å². The maximum atomic E-state index is 11.8. The molecule has 0 radical (unpaired) electrons. The quantitative estimate of drug-likeness (QED) is 0.859. The molecule has 0 spiro atoms. The van der Waals surface area contributed by atoms with E-state index in [1.54, 1.807) is 31.3 Å². The Morgan fingerprint density at radius 1 is 1.32 bits per heavy atom. The molecule has 1 unspecified atom stereocenters. The fourth-order valence-electron chi connectivity index (χ4n) is 1.88. The number of amides is 1. The fourth-order valence-corrected chi connectivity index (χ4v) is 1.88. The normalized spacial score (nSPS) is 12.4. The van der Waals surface area contributed by atoms with Gasteiger partial charge in [0.25, 0.3) is 0 Å². The first-order chi connectivity index (χ1) is 10.4. The number of aliphatic hydroxyl groups excluding tert-OH is 1. The largest absolute Gasteiger partial charge is 0.392 e. The summed E-state index contributed by atoms with van der Waals surface area (Å²) in [5, 5.41) is 16.4. The first-order valence-electron chi connectivity index (χ1n) is 7.07. The Bertz CT molecular complexity index is 700. The standard InChI is InChI=1S/C15H20N4O3/c1-10(2)13(20)8-14(21)17-11-4-6-12(7-5-11)19-15(22)18(3)9-16-19/h4-7,9-10,13,20H,8H2,1-3H3,(H,17,21). The minimum absolute atomic E-state index is 0.0316. The fraction of sp³-hybridized carbons (Fsp3) is 0.400. The molecule has 1 atom stereocenters. The summed E-state index contributed by atoms with van der Waals surface area (Å²) >= 11 is 0. The van der Waals surface area contributed by atoms with Gasteiger partial charge in [-0.15, -0.1) is 0 Å². The van der Waals surface area contributed by atoms with Gasteiger partial charge >= 0.3 is 5.69 Å². The van der Waals surface area contributed by atoms with E-state index in [2.05, 4.69) is 10.4 Å². The summed E-state index contributed by atoms with van der Waals surface area (Å²) in [7, 11) is 1.63. The number of nitrogens with one attached hydrogen (secondary N) is 1. The van der Waals surface area contributed by atoms with E-state index in [4.69, 9.17) is 0 Å². The summed E-state index contributed by atoms with van der Waals surface area (Å²) in [5.41, 5.74) is 0.983. The van der Waals surface area contributed by atoms with Crippen molar-refractivity contribution in [1.82, 2.24) is 14.3 Å². The van der Waals surface area contributed by atoms with Crippen LogP contribution in [0.5, 0.6) is 0 Å². The number of rotatable bonds is 5. The first kappa shape index (κ1) is 16.0. The zero-order valence-corrected chi connectivity index (χ0v) is 12.9. The predicted molar refractivity (Wildman–Crippen MR) is 82.9 cm³/mol. The maximum Gasteiger partial charge on any atom is 0.350 e. The highest BCUT2D eigenvalue weighted by Crippen LogP contribution is 2.13. The molecule has 118 valence electrons. The number of aryl methyl sites for hydroxylation is 1. The Balaban J connectivity index is 2.05. The molecule has 2 rings (SSSR count). The lowest BCUT2D eigenvalue weighted by molar-refractivity contribution is -0.118. The Morgan fingerprint density at radius 2 is 1.95 bits per heavy atom. The van der Waals surface area contributed by atoms with Crippen molar-refractivity contribution in [2.75, 3.05) is 5.32 Å². The highest BCUT2D eigenvalue weighted by molar-refractivity contribution is 5.91. The third kappa shape index (κ3) is 3.62. The van der Waals surface area contributed by atoms with Crippen LogP contribution in [0.15, 0.2) is 35.4 Å². The van der Waals surface area contributed by atoms with Gasteiger partial charge in [0.15, 0.2) is 0 Å². The van der Waals surface area contributed by atoms with Crippen LogP contribution < -0.4 is 11.0 Å². The molecule has 0 aliphatic carbocycles. The van der Waals surface area contributed by atoms with E-state index in [0.29, 0.717) is 11.4 Å². The zero-order chi connectivity index (χ0) is 16.3. The van der Waals surface area contributed by atoms with E-state index < -0.39 is 6.10 Å². The second kappa shape index (κ2) is 6.57. The van der Waals surface area contributed by atoms with E-state index in [1.165, 1.54) is 15.6 Å². The summed E-state index contributed by atoms with van der Waals surface area (Å²) in [6.45, 7) is 3.72. The minimum Gasteiger partial charge on any atom is -0.392 e. The topological polar surface area (TPSA) is 89.2 Å². The summed E-state index contributed by atoms with van der Waals surface area (Å²) in [6, 6.07) is 6.78. The van der Waals surface area contributed by atoms with Gasteiger partial charge in [0, 0.05) is 12.7 Å². The van der Waals surface area contributed by atoms with Crippen LogP contribution in [-0.4, -0.2) is 31.5 Å². The molecule has 7 nitrogen and oxygen atoms in total. The molecule has 0 aliphatic heterocycles. The lowest BCUT2D eigenvalue weighted by Crippen LogP contribution is -2.23. The van der Waals surface area contributed by atoms with Gasteiger partial charge in [0.1, 0.15) is 6.33 Å². The van der Waals surface area contributed by atoms with E-state index in [0.717, 1.165) is 0 Å². The average molecular weight is 304 g/mol. The summed E-state index contributed by atoms with van der Waals surface area (Å²) in [6.07, 6.45) is 0.830. The molecule has 0 saturated heterocycles. The van der Waals surface area contributed by atoms with Crippen LogP contribution in [0.1, 0.15) is 20.3 Å². The SMILES string of the molecule is CC(C)C(O)CC(=O)Nc1ccc(-n2ncn(C)c2=O)cc1. The average Bonchev–Trinajstić information content (AvgIpc) is 2.80. The molecule has 0 fully saturated rings. The molecule has 22 heavy (non-hydrogen) atoms. The van der Waals surface area contributed by atoms with Gasteiger partial charge < -0.3 is 10.4 Å². The van der Waals surface area contributed by atoms with Crippen LogP contribution in [0.2, 0.25) is 0 Å². The lowest BCUT2D eigenvalue weighted by Gasteiger charge is -2.14. The highest BCUT2D eigenvalue weighted by Gasteiger charge is 2.14. The molecule has 2 aromatic rings. The second-order valence-corrected chi connectivity index (χ2v) is 5.55. The van der Waals surface area contributed by atoms with E-state index in [-0.39, 0.29) is 23.9 Å². The molecule has 1 aromatic carbocycles. The molecular formula is C15H20N4O3. The highest BCUT2D eigenvalue weighted by atomic mass is 16.3. The van der Waals surface area contributed by atoms with E-state index >= 15 is 0 Å². The van der Waals surface area contributed by atoms with Crippen LogP contribution >= 0.6 is 0 Å². The summed E-state index contributed by atoms with van der Waals surface area (Å²) in [5.74, 6) is -0.215. The Kier molecular flexibility index (Phi) is 4.77. The zero-order valence-electron chi connectivity index (χ0n) is 12.9. The number of aliphatic hydroxyl groups is 1. The van der Waals surface area contributed by atoms with Crippen LogP contribution in [0.25, 0.3) is 5.69 Å². The van der Waals surface area contributed by atoms with Crippen molar-refractivity contribution in [1.29, 1.82) is 0 Å². The first-order valence-corrected chi connectivity index (χ1v) is 7.07. The molecule has 0 saturated carbocycles. The molecule has 2 N–H and O–H groups in total. The molecule has 0 bridgehead atoms. The van der Waals surface area contributed by atoms with Gasteiger partial charge in [-0.3, -0.25) is 9.36 Å². The number of carbonyl (C=O) groups excluding carboxylic acids is 1. The van der Waals surface area contributed by atoms with Crippen LogP contribution in [0.4, 0.5) is 5.69 Å². The number of hydrogen-bond acceptors (Lipinski definition) is 4. The Morgan fingerprint density at radius 3 is 2.45 bits per heavy atom. The number of anilines is 1. The summed E-state index contributed by atoms with van der Waals surface area (Å²) in [4.78, 5) is 23.6. The van der Waals surface area contributed by atoms with Crippen molar-refractivity contribution in [3.05, 3.63) is 41.1 Å². The predicted octanol–water partition coefficient (Wildman–Crippen LogP) is 0.916. The van der Waals surface area contributed by atoms with Gasteiger partial charge in [0.05, 0.1) is 18.2 Å². The molecular weight excluding hydrogens is 284 g/mol. The number of benzene rings is 1. The van der Waals surface area contributed by atoms with Gasteiger partial charge in [-0.1, -0.05) is 13.8 Å². The van der Waals surface area contributed by atoms with Gasteiger partial charge in [-0.05, 0) is 30.2 Å². The monoisotopic (exact) mass is 304 g/mol. The Hall–Kier alpha value is -2.41. The lowest BCUT2D eigenvalue weighted by atomic mass is 10.0. The van der Waals surface area contributed by atoms with Crippen molar-refractivity contribution in [2.24, 2.45) is 13.0 Å². The third-order valence-corrected chi connectivity index (χ3v) is 3.38. The van der Waals surface area contributed by atoms with Crippen molar-refractivity contribution in [2.45, 2.75) is 26.4 Å². The minimum atomic E-state index is -0.661. The number of aromatic nitrogens is 3. The third-order valence-electron chi connectivity index (χ3n) is 3.38. The van der Waals surface area contributed by atoms with E-state index in [9.17, 15) is 14.7 Å². The number of hydrogen-bond donors (Lipinski definition) is 2. The maximum absolute atomic E-state index is 11.8. The smallest absolute Gasteiger partial charge is 0.350 e. The molecule has 7 heteroatoms. The Labute approximate surface area is 128 Å². The van der Waals surface area contributed by atoms with Crippen LogP contribution in [0.3, 0.4) is 0 Å². The van der Waals surface area contributed by atoms with Gasteiger partial charge in [0.2, 0.25) is 5.91 Å².